The van der Waals surface area contributed by atoms with E-state index >= 15 is 0 Å². The summed E-state index contributed by atoms with van der Waals surface area (Å²) in [5.41, 5.74) is -0.228. The van der Waals surface area contributed by atoms with Gasteiger partial charge in [0, 0.05) is 34.4 Å². The van der Waals surface area contributed by atoms with Crippen molar-refractivity contribution >= 4 is 16.8 Å². The minimum Gasteiger partial charge on any atom is -0.372 e. The summed E-state index contributed by atoms with van der Waals surface area (Å²) >= 11 is 0. The number of nitrogens with zero attached hydrogens (tertiary/aromatic N) is 1. The van der Waals surface area contributed by atoms with Gasteiger partial charge in [0.25, 0.3) is 0 Å². The molecule has 1 aliphatic carbocycles. The van der Waals surface area contributed by atoms with Crippen LogP contribution in [0, 0.1) is 0 Å². The lowest BCUT2D eigenvalue weighted by Crippen LogP contribution is -2.56. The number of carbonyl (C=O) groups excluding carboxylic acids is 1. The van der Waals surface area contributed by atoms with Gasteiger partial charge in [0.05, 0.1) is 18.8 Å². The molecule has 0 unspecified atom stereocenters. The zero-order valence-electron chi connectivity index (χ0n) is 14.1. The van der Waals surface area contributed by atoms with Gasteiger partial charge in [-0.25, -0.2) is 4.79 Å². The van der Waals surface area contributed by atoms with E-state index in [0.29, 0.717) is 25.4 Å². The van der Waals surface area contributed by atoms with Crippen LogP contribution in [-0.2, 0) is 15.5 Å². The molecule has 4 atom stereocenters. The Bertz CT molecular complexity index is 418. The van der Waals surface area contributed by atoms with Gasteiger partial charge in [-0.15, -0.1) is 0 Å². The highest BCUT2D eigenvalue weighted by atomic mass is 32.2. The fourth-order valence-corrected chi connectivity index (χ4v) is 4.68. The molecule has 2 amide bonds. The minimum absolute atomic E-state index is 0.0101. The third-order valence-corrected chi connectivity index (χ3v) is 6.72. The predicted octanol–water partition coefficient (Wildman–Crippen LogP) is 2.28. The van der Waals surface area contributed by atoms with E-state index in [4.69, 9.17) is 4.74 Å². The predicted molar refractivity (Wildman–Crippen MR) is 89.5 cm³/mol. The molecule has 0 radical (unpaired) electrons. The average Bonchev–Trinajstić information content (AvgIpc) is 2.54. The van der Waals surface area contributed by atoms with Crippen LogP contribution >= 0.6 is 0 Å². The van der Waals surface area contributed by atoms with Gasteiger partial charge in [-0.2, -0.15) is 0 Å². The molecule has 2 rings (SSSR count). The molecule has 1 N–H and O–H groups in total. The van der Waals surface area contributed by atoms with Gasteiger partial charge in [0.15, 0.2) is 0 Å². The number of morpholine rings is 1. The smallest absolute Gasteiger partial charge is 0.317 e. The molecule has 0 spiro atoms. The second kappa shape index (κ2) is 7.77. The molecule has 0 bridgehead atoms. The van der Waals surface area contributed by atoms with Crippen LogP contribution in [0.25, 0.3) is 0 Å². The van der Waals surface area contributed by atoms with Crippen LogP contribution in [0.15, 0.2) is 0 Å². The summed E-state index contributed by atoms with van der Waals surface area (Å²) in [6.45, 7) is 8.02. The summed E-state index contributed by atoms with van der Waals surface area (Å²) in [5, 5.41) is 3.40. The van der Waals surface area contributed by atoms with Crippen LogP contribution < -0.4 is 5.32 Å². The van der Waals surface area contributed by atoms with Crippen LogP contribution in [0.2, 0.25) is 0 Å². The van der Waals surface area contributed by atoms with E-state index in [0.717, 1.165) is 32.1 Å². The van der Waals surface area contributed by atoms with Gasteiger partial charge in [0.1, 0.15) is 0 Å². The highest BCUT2D eigenvalue weighted by Gasteiger charge is 2.34. The number of ether oxygens (including phenoxy) is 1. The fourth-order valence-electron chi connectivity index (χ4n) is 3.33. The molecule has 5 nitrogen and oxygen atoms in total. The lowest BCUT2D eigenvalue weighted by atomic mass is 9.95. The van der Waals surface area contributed by atoms with Gasteiger partial charge in [-0.3, -0.25) is 4.21 Å². The van der Waals surface area contributed by atoms with Crippen LogP contribution in [0.1, 0.15) is 52.9 Å². The molecule has 0 aromatic carbocycles. The van der Waals surface area contributed by atoms with E-state index in [1.54, 1.807) is 0 Å². The van der Waals surface area contributed by atoms with Crippen molar-refractivity contribution in [3.63, 3.8) is 0 Å². The Morgan fingerprint density at radius 2 is 2.18 bits per heavy atom. The van der Waals surface area contributed by atoms with Crippen molar-refractivity contribution in [2.45, 2.75) is 69.8 Å². The van der Waals surface area contributed by atoms with E-state index in [-0.39, 0.29) is 22.9 Å². The molecule has 2 fully saturated rings. The first kappa shape index (κ1) is 17.7. The Morgan fingerprint density at radius 3 is 2.86 bits per heavy atom. The van der Waals surface area contributed by atoms with Crippen LogP contribution in [-0.4, -0.2) is 57.5 Å². The van der Waals surface area contributed by atoms with Crippen molar-refractivity contribution in [2.75, 3.05) is 25.4 Å². The first-order chi connectivity index (χ1) is 10.5. The molecule has 1 saturated carbocycles. The number of urea groups is 1. The highest BCUT2D eigenvalue weighted by Crippen LogP contribution is 2.24. The minimum atomic E-state index is -0.752. The first-order valence-electron chi connectivity index (χ1n) is 8.54. The topological polar surface area (TPSA) is 58.6 Å². The van der Waals surface area contributed by atoms with Crippen molar-refractivity contribution in [3.05, 3.63) is 0 Å². The first-order valence-corrected chi connectivity index (χ1v) is 9.92. The van der Waals surface area contributed by atoms with E-state index in [1.165, 1.54) is 0 Å². The van der Waals surface area contributed by atoms with Crippen LogP contribution in [0.3, 0.4) is 0 Å². The van der Waals surface area contributed by atoms with E-state index in [2.05, 4.69) is 19.2 Å². The van der Waals surface area contributed by atoms with Crippen LogP contribution in [0.5, 0.6) is 0 Å². The largest absolute Gasteiger partial charge is 0.372 e. The molecule has 22 heavy (non-hydrogen) atoms. The van der Waals surface area contributed by atoms with Gasteiger partial charge in [-0.05, 0) is 32.6 Å². The number of nitrogens with one attached hydrogen (secondary N) is 1. The van der Waals surface area contributed by atoms with Gasteiger partial charge in [-0.1, -0.05) is 20.3 Å². The standard InChI is InChI=1S/C16H30N2O3S/c1-4-16(3)12-18(9-10-21-16)15(19)17-13-7-6-8-14(11-13)22(20)5-2/h13-14H,4-12H2,1-3H3,(H,17,19)/t13-,14+,16+,22-/m0/s1. The van der Waals surface area contributed by atoms with Gasteiger partial charge >= 0.3 is 6.03 Å². The zero-order valence-corrected chi connectivity index (χ0v) is 14.9. The summed E-state index contributed by atoms with van der Waals surface area (Å²) < 4.78 is 17.8. The summed E-state index contributed by atoms with van der Waals surface area (Å²) in [5.74, 6) is 0.712. The molecule has 1 heterocycles. The lowest BCUT2D eigenvalue weighted by molar-refractivity contribution is -0.0875. The molecular formula is C16H30N2O3S. The summed E-state index contributed by atoms with van der Waals surface area (Å²) in [6, 6.07) is 0.174. The Balaban J connectivity index is 1.87. The molecule has 1 aliphatic heterocycles. The molecule has 2 aliphatic rings. The Kier molecular flexibility index (Phi) is 6.26. The highest BCUT2D eigenvalue weighted by molar-refractivity contribution is 7.85. The third kappa shape index (κ3) is 4.44. The normalized spacial score (nSPS) is 34.2. The number of hydrogen-bond donors (Lipinski definition) is 1. The SMILES string of the molecule is CC[S@](=O)[C@@H]1CCC[C@H](NC(=O)N2CCO[C@](C)(CC)C2)C1. The van der Waals surface area contributed by atoms with Crippen LogP contribution in [0.4, 0.5) is 4.79 Å². The van der Waals surface area contributed by atoms with E-state index in [1.807, 2.05) is 11.8 Å². The lowest BCUT2D eigenvalue weighted by Gasteiger charge is -2.41. The zero-order chi connectivity index (χ0) is 16.2. The van der Waals surface area contributed by atoms with Crippen molar-refractivity contribution in [3.8, 4) is 0 Å². The molecule has 1 saturated heterocycles. The number of rotatable bonds is 4. The molecule has 6 heteroatoms. The maximum Gasteiger partial charge on any atom is 0.317 e. The number of amides is 2. The molecule has 128 valence electrons. The number of hydrogen-bond acceptors (Lipinski definition) is 3. The second-order valence-electron chi connectivity index (χ2n) is 6.68. The summed E-state index contributed by atoms with van der Waals surface area (Å²) in [4.78, 5) is 14.4. The third-order valence-electron chi connectivity index (χ3n) is 4.98. The van der Waals surface area contributed by atoms with Crippen molar-refractivity contribution < 1.29 is 13.7 Å². The molecular weight excluding hydrogens is 300 g/mol. The molecule has 0 aromatic rings. The second-order valence-corrected chi connectivity index (χ2v) is 8.68. The maximum absolute atomic E-state index is 12.5. The van der Waals surface area contributed by atoms with Crippen molar-refractivity contribution in [2.24, 2.45) is 0 Å². The quantitative estimate of drug-likeness (QED) is 0.860. The van der Waals surface area contributed by atoms with Crippen molar-refractivity contribution in [1.82, 2.24) is 10.2 Å². The van der Waals surface area contributed by atoms with E-state index in [9.17, 15) is 9.00 Å². The van der Waals surface area contributed by atoms with Crippen molar-refractivity contribution in [1.29, 1.82) is 0 Å². The maximum atomic E-state index is 12.5. The average molecular weight is 330 g/mol. The van der Waals surface area contributed by atoms with E-state index < -0.39 is 10.8 Å². The fraction of sp³-hybridized carbons (Fsp3) is 0.938. The Hall–Kier alpha value is -0.620. The monoisotopic (exact) mass is 330 g/mol. The summed E-state index contributed by atoms with van der Waals surface area (Å²) in [6.07, 6.45) is 4.83. The molecule has 0 aromatic heterocycles. The van der Waals surface area contributed by atoms with Gasteiger partial charge < -0.3 is 15.0 Å². The Labute approximate surface area is 136 Å². The summed E-state index contributed by atoms with van der Waals surface area (Å²) in [7, 11) is -0.752. The number of carbonyl (C=O) groups is 1. The Morgan fingerprint density at radius 1 is 1.41 bits per heavy atom. The van der Waals surface area contributed by atoms with Gasteiger partial charge in [0.2, 0.25) is 0 Å².